The predicted molar refractivity (Wildman–Crippen MR) is 90.9 cm³/mol. The summed E-state index contributed by atoms with van der Waals surface area (Å²) in [5.74, 6) is -3.11. The summed E-state index contributed by atoms with van der Waals surface area (Å²) in [5.41, 5.74) is 2.15. The lowest BCUT2D eigenvalue weighted by atomic mass is 9.86. The maximum atomic E-state index is 12.7. The van der Waals surface area contributed by atoms with E-state index in [0.29, 0.717) is 18.7 Å². The molecular weight excluding hydrogens is 320 g/mol. The first-order chi connectivity index (χ1) is 11.9. The summed E-state index contributed by atoms with van der Waals surface area (Å²) in [6.45, 7) is 4.74. The van der Waals surface area contributed by atoms with Gasteiger partial charge in [0.2, 0.25) is 5.91 Å². The lowest BCUT2D eigenvalue weighted by Crippen LogP contribution is -2.32. The van der Waals surface area contributed by atoms with Crippen LogP contribution in [0.2, 0.25) is 0 Å². The Hall–Kier alpha value is -2.52. The first-order valence-electron chi connectivity index (χ1n) is 8.20. The van der Waals surface area contributed by atoms with Gasteiger partial charge in [-0.3, -0.25) is 14.4 Å². The fourth-order valence-corrected chi connectivity index (χ4v) is 3.15. The highest BCUT2D eigenvalue weighted by molar-refractivity contribution is 6.14. The van der Waals surface area contributed by atoms with Crippen molar-refractivity contribution in [3.63, 3.8) is 0 Å². The first kappa shape index (κ1) is 18.8. The number of carbonyl (C=O) groups excluding carboxylic acids is 3. The zero-order valence-corrected chi connectivity index (χ0v) is 14.7. The molecule has 132 valence electrons. The van der Waals surface area contributed by atoms with Gasteiger partial charge in [-0.05, 0) is 26.0 Å². The van der Waals surface area contributed by atoms with Crippen LogP contribution in [0, 0.1) is 37.0 Å². The quantitative estimate of drug-likeness (QED) is 0.556. The molecule has 0 aliphatic carbocycles. The third kappa shape index (κ3) is 4.31. The summed E-state index contributed by atoms with van der Waals surface area (Å²) < 4.78 is 4.95. The number of Topliss-reactive ketones (excluding diaryl/α,β-unsaturated/α-hetero) is 2. The molecule has 0 aromatic heterocycles. The minimum absolute atomic E-state index is 0.0425. The maximum Gasteiger partial charge on any atom is 0.223 e. The number of ketones is 2. The molecule has 0 N–H and O–H groups in total. The minimum atomic E-state index is -1.37. The van der Waals surface area contributed by atoms with Crippen LogP contribution >= 0.6 is 0 Å². The Balaban J connectivity index is 2.15. The Bertz CT molecular complexity index is 715. The fraction of sp³-hybridized carbons (Fsp3) is 0.474. The number of ether oxygens (including phenoxy) is 1. The molecule has 0 radical (unpaired) electrons. The number of nitriles is 1. The fourth-order valence-electron chi connectivity index (χ4n) is 3.15. The van der Waals surface area contributed by atoms with Crippen LogP contribution in [0.25, 0.3) is 0 Å². The average molecular weight is 342 g/mol. The third-order valence-corrected chi connectivity index (χ3v) is 4.36. The highest BCUT2D eigenvalue weighted by atomic mass is 16.5. The van der Waals surface area contributed by atoms with E-state index in [1.54, 1.807) is 17.0 Å². The standard InChI is InChI=1S/C19H22N2O4/c1-12-6-13(2)8-14(7-12)18(23)16(10-20)19(24)15-9-17(22)21(11-15)4-5-25-3/h6-8,15-16H,4-5,9,11H2,1-3H3/t15-,16-/m1/s1. The molecule has 0 unspecified atom stereocenters. The second-order valence-electron chi connectivity index (χ2n) is 6.44. The number of nitrogens with zero attached hydrogens (tertiary/aromatic N) is 2. The molecular formula is C19H22N2O4. The molecule has 1 fully saturated rings. The van der Waals surface area contributed by atoms with Crippen molar-refractivity contribution in [1.29, 1.82) is 5.26 Å². The van der Waals surface area contributed by atoms with E-state index in [2.05, 4.69) is 0 Å². The van der Waals surface area contributed by atoms with Crippen LogP contribution in [-0.4, -0.2) is 49.2 Å². The zero-order valence-electron chi connectivity index (χ0n) is 14.7. The monoisotopic (exact) mass is 342 g/mol. The Labute approximate surface area is 147 Å². The van der Waals surface area contributed by atoms with Crippen molar-refractivity contribution in [2.45, 2.75) is 20.3 Å². The van der Waals surface area contributed by atoms with Gasteiger partial charge in [0, 0.05) is 38.1 Å². The Kier molecular flexibility index (Phi) is 6.05. The summed E-state index contributed by atoms with van der Waals surface area (Å²) in [4.78, 5) is 38.9. The average Bonchev–Trinajstić information content (AvgIpc) is 2.93. The summed E-state index contributed by atoms with van der Waals surface area (Å²) in [5, 5.41) is 9.39. The van der Waals surface area contributed by atoms with Crippen LogP contribution in [0.15, 0.2) is 18.2 Å². The van der Waals surface area contributed by atoms with Crippen molar-refractivity contribution in [3.8, 4) is 6.07 Å². The molecule has 2 rings (SSSR count). The van der Waals surface area contributed by atoms with Crippen LogP contribution in [-0.2, 0) is 14.3 Å². The summed E-state index contributed by atoms with van der Waals surface area (Å²) in [7, 11) is 1.54. The van der Waals surface area contributed by atoms with E-state index >= 15 is 0 Å². The molecule has 6 heteroatoms. The van der Waals surface area contributed by atoms with Gasteiger partial charge in [0.1, 0.15) is 0 Å². The van der Waals surface area contributed by atoms with E-state index in [4.69, 9.17) is 4.74 Å². The number of hydrogen-bond acceptors (Lipinski definition) is 5. The Morgan fingerprint density at radius 3 is 2.52 bits per heavy atom. The van der Waals surface area contributed by atoms with Crippen LogP contribution in [0.3, 0.4) is 0 Å². The zero-order chi connectivity index (χ0) is 18.6. The molecule has 0 bridgehead atoms. The van der Waals surface area contributed by atoms with Gasteiger partial charge in [0.05, 0.1) is 12.7 Å². The van der Waals surface area contributed by atoms with E-state index in [-0.39, 0.29) is 18.9 Å². The van der Waals surface area contributed by atoms with Gasteiger partial charge in [0.15, 0.2) is 17.5 Å². The van der Waals surface area contributed by atoms with Crippen LogP contribution in [0.5, 0.6) is 0 Å². The summed E-state index contributed by atoms with van der Waals surface area (Å²) in [6.07, 6.45) is 0.0425. The molecule has 1 aliphatic heterocycles. The number of amides is 1. The van der Waals surface area contributed by atoms with Gasteiger partial charge in [-0.25, -0.2) is 0 Å². The van der Waals surface area contributed by atoms with Crippen molar-refractivity contribution < 1.29 is 19.1 Å². The molecule has 1 aromatic rings. The van der Waals surface area contributed by atoms with Gasteiger partial charge in [0.25, 0.3) is 0 Å². The number of aryl methyl sites for hydroxylation is 2. The van der Waals surface area contributed by atoms with Crippen LogP contribution < -0.4 is 0 Å². The number of carbonyl (C=O) groups is 3. The summed E-state index contributed by atoms with van der Waals surface area (Å²) in [6, 6.07) is 7.11. The molecule has 25 heavy (non-hydrogen) atoms. The molecule has 2 atom stereocenters. The van der Waals surface area contributed by atoms with E-state index in [0.717, 1.165) is 11.1 Å². The number of benzene rings is 1. The van der Waals surface area contributed by atoms with Gasteiger partial charge in [-0.1, -0.05) is 17.2 Å². The molecule has 1 aliphatic rings. The summed E-state index contributed by atoms with van der Waals surface area (Å²) >= 11 is 0. The molecule has 6 nitrogen and oxygen atoms in total. The van der Waals surface area contributed by atoms with E-state index in [1.165, 1.54) is 7.11 Å². The van der Waals surface area contributed by atoms with Crippen molar-refractivity contribution in [3.05, 3.63) is 34.9 Å². The van der Waals surface area contributed by atoms with Crippen molar-refractivity contribution in [2.75, 3.05) is 26.8 Å². The molecule has 1 amide bonds. The van der Waals surface area contributed by atoms with Crippen LogP contribution in [0.1, 0.15) is 27.9 Å². The Morgan fingerprint density at radius 2 is 1.96 bits per heavy atom. The highest BCUT2D eigenvalue weighted by Gasteiger charge is 2.39. The molecule has 1 heterocycles. The van der Waals surface area contributed by atoms with Gasteiger partial charge in [-0.15, -0.1) is 0 Å². The molecule has 0 saturated carbocycles. The lowest BCUT2D eigenvalue weighted by molar-refractivity contribution is -0.129. The van der Waals surface area contributed by atoms with Crippen LogP contribution in [0.4, 0.5) is 0 Å². The van der Waals surface area contributed by atoms with E-state index < -0.39 is 23.4 Å². The number of hydrogen-bond donors (Lipinski definition) is 0. The third-order valence-electron chi connectivity index (χ3n) is 4.36. The highest BCUT2D eigenvalue weighted by Crippen LogP contribution is 2.24. The van der Waals surface area contributed by atoms with E-state index in [9.17, 15) is 19.6 Å². The molecule has 1 saturated heterocycles. The molecule has 1 aromatic carbocycles. The largest absolute Gasteiger partial charge is 0.383 e. The van der Waals surface area contributed by atoms with Crippen molar-refractivity contribution in [2.24, 2.45) is 11.8 Å². The normalized spacial score (nSPS) is 18.1. The maximum absolute atomic E-state index is 12.7. The SMILES string of the molecule is COCCN1C[C@H](C(=O)[C@H](C#N)C(=O)c2cc(C)cc(C)c2)CC1=O. The molecule has 0 spiro atoms. The van der Waals surface area contributed by atoms with Crippen molar-refractivity contribution in [1.82, 2.24) is 4.90 Å². The number of rotatable bonds is 7. The first-order valence-corrected chi connectivity index (χ1v) is 8.20. The number of methoxy groups -OCH3 is 1. The Morgan fingerprint density at radius 1 is 1.32 bits per heavy atom. The smallest absolute Gasteiger partial charge is 0.223 e. The second-order valence-corrected chi connectivity index (χ2v) is 6.44. The predicted octanol–water partition coefficient (Wildman–Crippen LogP) is 1.69. The van der Waals surface area contributed by atoms with E-state index in [1.807, 2.05) is 26.0 Å². The minimum Gasteiger partial charge on any atom is -0.383 e. The van der Waals surface area contributed by atoms with Gasteiger partial charge in [-0.2, -0.15) is 5.26 Å². The lowest BCUT2D eigenvalue weighted by Gasteiger charge is -2.16. The van der Waals surface area contributed by atoms with Gasteiger partial charge < -0.3 is 9.64 Å². The van der Waals surface area contributed by atoms with Crippen molar-refractivity contribution >= 4 is 17.5 Å². The topological polar surface area (TPSA) is 87.5 Å². The number of likely N-dealkylation sites (tertiary alicyclic amines) is 1. The van der Waals surface area contributed by atoms with Gasteiger partial charge >= 0.3 is 0 Å². The second kappa shape index (κ2) is 8.04.